The van der Waals surface area contributed by atoms with E-state index in [-0.39, 0.29) is 11.7 Å². The van der Waals surface area contributed by atoms with Crippen molar-refractivity contribution >= 4 is 11.6 Å². The summed E-state index contributed by atoms with van der Waals surface area (Å²) in [5, 5.41) is 12.4. The third-order valence-electron chi connectivity index (χ3n) is 2.88. The number of carbonyl (C=O) groups is 1. The van der Waals surface area contributed by atoms with E-state index in [1.54, 1.807) is 48.5 Å². The van der Waals surface area contributed by atoms with Gasteiger partial charge in [0.2, 0.25) is 0 Å². The van der Waals surface area contributed by atoms with Crippen LogP contribution in [-0.4, -0.2) is 17.6 Å². The van der Waals surface area contributed by atoms with Crippen LogP contribution in [0.4, 0.5) is 5.69 Å². The molecule has 0 aliphatic carbocycles. The maximum atomic E-state index is 12.1. The fourth-order valence-electron chi connectivity index (χ4n) is 1.80. The molecule has 0 radical (unpaired) electrons. The monoisotopic (exact) mass is 283 g/mol. The molecule has 2 rings (SSSR count). The molecule has 0 fully saturated rings. The molecule has 4 nitrogen and oxygen atoms in total. The van der Waals surface area contributed by atoms with Crippen LogP contribution in [0.2, 0.25) is 0 Å². The number of anilines is 1. The molecule has 0 aromatic heterocycles. The molecule has 0 spiro atoms. The van der Waals surface area contributed by atoms with Crippen LogP contribution in [0.25, 0.3) is 0 Å². The highest BCUT2D eigenvalue weighted by atomic mass is 16.5. The lowest BCUT2D eigenvalue weighted by Crippen LogP contribution is -2.12. The number of phenolic OH excluding ortho intramolecular Hbond substituents is 1. The highest BCUT2D eigenvalue weighted by Gasteiger charge is 2.09. The van der Waals surface area contributed by atoms with E-state index in [1.807, 2.05) is 6.92 Å². The van der Waals surface area contributed by atoms with Gasteiger partial charge in [0.25, 0.3) is 5.91 Å². The van der Waals surface area contributed by atoms with Gasteiger partial charge in [-0.1, -0.05) is 18.7 Å². The van der Waals surface area contributed by atoms with Crippen molar-refractivity contribution in [3.63, 3.8) is 0 Å². The summed E-state index contributed by atoms with van der Waals surface area (Å²) in [6, 6.07) is 11.8. The molecule has 0 atom stereocenters. The molecular formula is C17H17NO3. The average Bonchev–Trinajstić information content (AvgIpc) is 2.49. The first-order valence-electron chi connectivity index (χ1n) is 6.55. The maximum Gasteiger partial charge on any atom is 0.255 e. The number of rotatable bonds is 5. The van der Waals surface area contributed by atoms with Crippen LogP contribution >= 0.6 is 0 Å². The second kappa shape index (κ2) is 6.61. The number of hydrogen-bond donors (Lipinski definition) is 2. The van der Waals surface area contributed by atoms with Crippen molar-refractivity contribution in [1.29, 1.82) is 0 Å². The lowest BCUT2D eigenvalue weighted by molar-refractivity contribution is 0.102. The zero-order valence-corrected chi connectivity index (χ0v) is 11.8. The van der Waals surface area contributed by atoms with Crippen LogP contribution in [0, 0.1) is 6.92 Å². The third kappa shape index (κ3) is 3.86. The van der Waals surface area contributed by atoms with Crippen molar-refractivity contribution in [3.05, 3.63) is 66.2 Å². The summed E-state index contributed by atoms with van der Waals surface area (Å²) in [5.41, 5.74) is 1.84. The van der Waals surface area contributed by atoms with Gasteiger partial charge in [-0.25, -0.2) is 0 Å². The minimum Gasteiger partial charge on any atom is -0.506 e. The van der Waals surface area contributed by atoms with Crippen LogP contribution in [0.5, 0.6) is 11.5 Å². The molecule has 2 aromatic carbocycles. The topological polar surface area (TPSA) is 58.6 Å². The van der Waals surface area contributed by atoms with Crippen molar-refractivity contribution < 1.29 is 14.6 Å². The van der Waals surface area contributed by atoms with Gasteiger partial charge in [-0.15, -0.1) is 0 Å². The molecule has 0 aliphatic rings. The van der Waals surface area contributed by atoms with Gasteiger partial charge in [0, 0.05) is 5.56 Å². The van der Waals surface area contributed by atoms with Crippen molar-refractivity contribution in [2.75, 3.05) is 11.9 Å². The third-order valence-corrected chi connectivity index (χ3v) is 2.88. The number of ether oxygens (including phenoxy) is 1. The van der Waals surface area contributed by atoms with E-state index in [0.717, 1.165) is 5.56 Å². The van der Waals surface area contributed by atoms with Crippen molar-refractivity contribution in [2.45, 2.75) is 6.92 Å². The van der Waals surface area contributed by atoms with Crippen LogP contribution in [-0.2, 0) is 0 Å². The average molecular weight is 283 g/mol. The molecule has 2 N–H and O–H groups in total. The van der Waals surface area contributed by atoms with Crippen LogP contribution in [0.15, 0.2) is 55.1 Å². The minimum absolute atomic E-state index is 0.0416. The molecule has 0 saturated heterocycles. The van der Waals surface area contributed by atoms with Crippen LogP contribution in [0.3, 0.4) is 0 Å². The van der Waals surface area contributed by atoms with E-state index >= 15 is 0 Å². The molecule has 21 heavy (non-hydrogen) atoms. The Hall–Kier alpha value is -2.75. The number of nitrogens with one attached hydrogen (secondary N) is 1. The first-order chi connectivity index (χ1) is 10.1. The predicted octanol–water partition coefficient (Wildman–Crippen LogP) is 3.52. The molecule has 0 aliphatic heterocycles. The largest absolute Gasteiger partial charge is 0.506 e. The number of hydrogen-bond acceptors (Lipinski definition) is 3. The van der Waals surface area contributed by atoms with Gasteiger partial charge < -0.3 is 15.2 Å². The number of benzene rings is 2. The molecule has 4 heteroatoms. The summed E-state index contributed by atoms with van der Waals surface area (Å²) in [7, 11) is 0. The Labute approximate surface area is 123 Å². The summed E-state index contributed by atoms with van der Waals surface area (Å²) in [6.07, 6.45) is 1.65. The maximum absolute atomic E-state index is 12.1. The second-order valence-electron chi connectivity index (χ2n) is 4.60. The Morgan fingerprint density at radius 2 is 2.00 bits per heavy atom. The minimum atomic E-state index is -0.286. The van der Waals surface area contributed by atoms with E-state index < -0.39 is 0 Å². The molecular weight excluding hydrogens is 266 g/mol. The van der Waals surface area contributed by atoms with Gasteiger partial charge >= 0.3 is 0 Å². The Balaban J connectivity index is 2.09. The molecule has 0 heterocycles. The van der Waals surface area contributed by atoms with Gasteiger partial charge in [-0.3, -0.25) is 4.79 Å². The molecule has 2 aromatic rings. The van der Waals surface area contributed by atoms with Gasteiger partial charge in [-0.2, -0.15) is 0 Å². The Bertz CT molecular complexity index is 648. The highest BCUT2D eigenvalue weighted by molar-refractivity contribution is 6.05. The summed E-state index contributed by atoms with van der Waals surface area (Å²) >= 11 is 0. The normalized spacial score (nSPS) is 9.95. The Morgan fingerprint density at radius 3 is 2.67 bits per heavy atom. The summed E-state index contributed by atoms with van der Waals surface area (Å²) in [6.45, 7) is 5.88. The predicted molar refractivity (Wildman–Crippen MR) is 82.9 cm³/mol. The van der Waals surface area contributed by atoms with Gasteiger partial charge in [0.15, 0.2) is 0 Å². The fourth-order valence-corrected chi connectivity index (χ4v) is 1.80. The zero-order valence-electron chi connectivity index (χ0n) is 11.8. The van der Waals surface area contributed by atoms with Gasteiger partial charge in [0.1, 0.15) is 18.1 Å². The molecule has 1 amide bonds. The van der Waals surface area contributed by atoms with Crippen LogP contribution < -0.4 is 10.1 Å². The van der Waals surface area contributed by atoms with Crippen molar-refractivity contribution in [1.82, 2.24) is 0 Å². The van der Waals surface area contributed by atoms with E-state index in [1.165, 1.54) is 0 Å². The highest BCUT2D eigenvalue weighted by Crippen LogP contribution is 2.24. The van der Waals surface area contributed by atoms with E-state index in [2.05, 4.69) is 11.9 Å². The first kappa shape index (κ1) is 14.7. The lowest BCUT2D eigenvalue weighted by atomic mass is 10.1. The number of phenols is 1. The Kier molecular flexibility index (Phi) is 4.61. The zero-order chi connectivity index (χ0) is 15.2. The van der Waals surface area contributed by atoms with E-state index in [0.29, 0.717) is 23.6 Å². The SMILES string of the molecule is C=CCOc1ccc(C(=O)Nc2cc(C)ccc2O)cc1. The number of carbonyl (C=O) groups excluding carboxylic acids is 1. The smallest absolute Gasteiger partial charge is 0.255 e. The van der Waals surface area contributed by atoms with E-state index in [9.17, 15) is 9.90 Å². The number of aryl methyl sites for hydroxylation is 1. The second-order valence-corrected chi connectivity index (χ2v) is 4.60. The molecule has 0 saturated carbocycles. The molecule has 0 unspecified atom stereocenters. The first-order valence-corrected chi connectivity index (χ1v) is 6.55. The molecule has 108 valence electrons. The lowest BCUT2D eigenvalue weighted by Gasteiger charge is -2.09. The Morgan fingerprint density at radius 1 is 1.29 bits per heavy atom. The summed E-state index contributed by atoms with van der Waals surface area (Å²) in [4.78, 5) is 12.1. The quantitative estimate of drug-likeness (QED) is 0.652. The van der Waals surface area contributed by atoms with E-state index in [4.69, 9.17) is 4.74 Å². The molecule has 0 bridgehead atoms. The van der Waals surface area contributed by atoms with Crippen molar-refractivity contribution in [2.24, 2.45) is 0 Å². The fraction of sp³-hybridized carbons (Fsp3) is 0.118. The van der Waals surface area contributed by atoms with Crippen molar-refractivity contribution in [3.8, 4) is 11.5 Å². The van der Waals surface area contributed by atoms with Gasteiger partial charge in [0.05, 0.1) is 5.69 Å². The summed E-state index contributed by atoms with van der Waals surface area (Å²) in [5.74, 6) is 0.427. The van der Waals surface area contributed by atoms with Gasteiger partial charge in [-0.05, 0) is 48.9 Å². The standard InChI is InChI=1S/C17H17NO3/c1-3-10-21-14-7-5-13(6-8-14)17(20)18-15-11-12(2)4-9-16(15)19/h3-9,11,19H,1,10H2,2H3,(H,18,20). The number of aromatic hydroxyl groups is 1. The van der Waals surface area contributed by atoms with Crippen LogP contribution in [0.1, 0.15) is 15.9 Å². The number of amides is 1. The summed E-state index contributed by atoms with van der Waals surface area (Å²) < 4.78 is 5.35.